The summed E-state index contributed by atoms with van der Waals surface area (Å²) in [6.45, 7) is 2.44. The molecule has 0 aliphatic carbocycles. The van der Waals surface area contributed by atoms with Gasteiger partial charge in [-0.2, -0.15) is 0 Å². The van der Waals surface area contributed by atoms with Crippen LogP contribution in [0.25, 0.3) is 0 Å². The lowest BCUT2D eigenvalue weighted by atomic mass is 10.0. The predicted octanol–water partition coefficient (Wildman–Crippen LogP) is 1.81. The van der Waals surface area contributed by atoms with Crippen molar-refractivity contribution in [2.45, 2.75) is 19.4 Å². The van der Waals surface area contributed by atoms with Gasteiger partial charge in [0.25, 0.3) is 5.69 Å². The quantitative estimate of drug-likeness (QED) is 0.655. The van der Waals surface area contributed by atoms with E-state index in [-0.39, 0.29) is 6.04 Å². The maximum absolute atomic E-state index is 13.6. The van der Waals surface area contributed by atoms with Gasteiger partial charge in [0.2, 0.25) is 5.91 Å². The molecule has 0 bridgehead atoms. The number of hydrogen-bond donors (Lipinski definition) is 2. The number of nitro benzene ring substituents is 1. The molecule has 2 rings (SSSR count). The minimum Gasteiger partial charge on any atom is -0.318 e. The van der Waals surface area contributed by atoms with E-state index in [0.717, 1.165) is 0 Å². The highest BCUT2D eigenvalue weighted by Crippen LogP contribution is 2.30. The summed E-state index contributed by atoms with van der Waals surface area (Å²) in [4.78, 5) is 21.9. The number of nitrogens with one attached hydrogen (secondary N) is 2. The Labute approximate surface area is 113 Å². The molecule has 2 unspecified atom stereocenters. The molecule has 6 nitrogen and oxygen atoms in total. The number of halogens is 2. The van der Waals surface area contributed by atoms with Crippen molar-refractivity contribution in [1.82, 2.24) is 5.32 Å². The zero-order chi connectivity index (χ0) is 14.9. The van der Waals surface area contributed by atoms with E-state index < -0.39 is 39.8 Å². The van der Waals surface area contributed by atoms with Crippen molar-refractivity contribution in [3.8, 4) is 0 Å². The first kappa shape index (κ1) is 14.3. The Kier molecular flexibility index (Phi) is 3.93. The number of hydrogen-bond acceptors (Lipinski definition) is 4. The van der Waals surface area contributed by atoms with Crippen LogP contribution >= 0.6 is 0 Å². The smallest absolute Gasteiger partial charge is 0.298 e. The second kappa shape index (κ2) is 5.49. The fraction of sp³-hybridized carbons (Fsp3) is 0.417. The Hall–Kier alpha value is -2.09. The molecule has 1 saturated heterocycles. The highest BCUT2D eigenvalue weighted by atomic mass is 19.1. The topological polar surface area (TPSA) is 84.3 Å². The first-order valence-electron chi connectivity index (χ1n) is 6.08. The van der Waals surface area contributed by atoms with E-state index in [9.17, 15) is 23.7 Å². The standard InChI is InChI=1S/C12H13F2N3O3/c1-6-8(2-3-15-6)12(18)16-11-9(14)4-7(13)5-10(11)17(19)20/h4-6,8,15H,2-3H2,1H3,(H,16,18). The van der Waals surface area contributed by atoms with Gasteiger partial charge in [-0.05, 0) is 19.9 Å². The lowest BCUT2D eigenvalue weighted by Gasteiger charge is -2.15. The summed E-state index contributed by atoms with van der Waals surface area (Å²) in [5.74, 6) is -3.15. The van der Waals surface area contributed by atoms with Crippen molar-refractivity contribution in [3.05, 3.63) is 33.9 Å². The van der Waals surface area contributed by atoms with Gasteiger partial charge >= 0.3 is 0 Å². The van der Waals surface area contributed by atoms with Crippen LogP contribution in [0.3, 0.4) is 0 Å². The van der Waals surface area contributed by atoms with Gasteiger partial charge in [0.1, 0.15) is 5.82 Å². The SMILES string of the molecule is CC1NCCC1C(=O)Nc1c(F)cc(F)cc1[N+](=O)[O-]. The van der Waals surface area contributed by atoms with E-state index >= 15 is 0 Å². The van der Waals surface area contributed by atoms with E-state index in [2.05, 4.69) is 10.6 Å². The lowest BCUT2D eigenvalue weighted by Crippen LogP contribution is -2.32. The van der Waals surface area contributed by atoms with Crippen molar-refractivity contribution in [2.75, 3.05) is 11.9 Å². The second-order valence-electron chi connectivity index (χ2n) is 4.67. The van der Waals surface area contributed by atoms with Crippen LogP contribution in [0.5, 0.6) is 0 Å². The number of carbonyl (C=O) groups is 1. The van der Waals surface area contributed by atoms with Gasteiger partial charge in [0.15, 0.2) is 11.5 Å². The molecule has 0 saturated carbocycles. The zero-order valence-corrected chi connectivity index (χ0v) is 10.7. The van der Waals surface area contributed by atoms with Crippen LogP contribution in [-0.4, -0.2) is 23.4 Å². The number of anilines is 1. The Morgan fingerprint density at radius 1 is 1.50 bits per heavy atom. The third kappa shape index (κ3) is 2.74. The van der Waals surface area contributed by atoms with Crippen molar-refractivity contribution >= 4 is 17.3 Å². The van der Waals surface area contributed by atoms with Crippen molar-refractivity contribution in [1.29, 1.82) is 0 Å². The second-order valence-corrected chi connectivity index (χ2v) is 4.67. The van der Waals surface area contributed by atoms with Gasteiger partial charge in [-0.3, -0.25) is 14.9 Å². The molecule has 1 aliphatic rings. The molecular formula is C12H13F2N3O3. The molecule has 0 aromatic heterocycles. The molecule has 1 aromatic carbocycles. The summed E-state index contributed by atoms with van der Waals surface area (Å²) in [6.07, 6.45) is 0.559. The largest absolute Gasteiger partial charge is 0.318 e. The summed E-state index contributed by atoms with van der Waals surface area (Å²) in [6, 6.07) is 0.978. The molecular weight excluding hydrogens is 272 g/mol. The average molecular weight is 285 g/mol. The normalized spacial score (nSPS) is 21.8. The molecule has 8 heteroatoms. The van der Waals surface area contributed by atoms with Crippen LogP contribution in [0.1, 0.15) is 13.3 Å². The van der Waals surface area contributed by atoms with Crippen LogP contribution in [0.4, 0.5) is 20.2 Å². The minimum atomic E-state index is -1.16. The van der Waals surface area contributed by atoms with E-state index in [1.807, 2.05) is 0 Å². The van der Waals surface area contributed by atoms with Crippen LogP contribution in [0.2, 0.25) is 0 Å². The van der Waals surface area contributed by atoms with Crippen molar-refractivity contribution < 1.29 is 18.5 Å². The van der Waals surface area contributed by atoms with E-state index in [4.69, 9.17) is 0 Å². The number of benzene rings is 1. The Morgan fingerprint density at radius 3 is 2.75 bits per heavy atom. The number of rotatable bonds is 3. The summed E-state index contributed by atoms with van der Waals surface area (Å²) in [5, 5.41) is 16.0. The van der Waals surface area contributed by atoms with Crippen LogP contribution in [-0.2, 0) is 4.79 Å². The summed E-state index contributed by atoms with van der Waals surface area (Å²) >= 11 is 0. The molecule has 1 aromatic rings. The fourth-order valence-corrected chi connectivity index (χ4v) is 2.26. The van der Waals surface area contributed by atoms with E-state index in [0.29, 0.717) is 25.1 Å². The van der Waals surface area contributed by atoms with Crippen LogP contribution in [0.15, 0.2) is 12.1 Å². The molecule has 20 heavy (non-hydrogen) atoms. The van der Waals surface area contributed by atoms with Crippen LogP contribution < -0.4 is 10.6 Å². The summed E-state index contributed by atoms with van der Waals surface area (Å²) < 4.78 is 26.6. The van der Waals surface area contributed by atoms with Crippen LogP contribution in [0, 0.1) is 27.7 Å². The molecule has 2 atom stereocenters. The number of carbonyl (C=O) groups excluding carboxylic acids is 1. The van der Waals surface area contributed by atoms with Crippen molar-refractivity contribution in [2.24, 2.45) is 5.92 Å². The monoisotopic (exact) mass is 285 g/mol. The van der Waals surface area contributed by atoms with Gasteiger partial charge in [-0.25, -0.2) is 8.78 Å². The first-order valence-corrected chi connectivity index (χ1v) is 6.08. The average Bonchev–Trinajstić information content (AvgIpc) is 2.78. The van der Waals surface area contributed by atoms with Gasteiger partial charge < -0.3 is 10.6 Å². The van der Waals surface area contributed by atoms with Gasteiger partial charge in [0.05, 0.1) is 16.9 Å². The molecule has 1 aliphatic heterocycles. The fourth-order valence-electron chi connectivity index (χ4n) is 2.26. The Morgan fingerprint density at radius 2 is 2.20 bits per heavy atom. The third-order valence-corrected chi connectivity index (χ3v) is 3.34. The molecule has 0 spiro atoms. The maximum atomic E-state index is 13.6. The highest BCUT2D eigenvalue weighted by Gasteiger charge is 2.31. The molecule has 2 N–H and O–H groups in total. The summed E-state index contributed by atoms with van der Waals surface area (Å²) in [7, 11) is 0. The van der Waals surface area contributed by atoms with Gasteiger partial charge in [-0.15, -0.1) is 0 Å². The summed E-state index contributed by atoms with van der Waals surface area (Å²) in [5.41, 5.74) is -1.39. The molecule has 108 valence electrons. The van der Waals surface area contributed by atoms with E-state index in [1.165, 1.54) is 0 Å². The third-order valence-electron chi connectivity index (χ3n) is 3.34. The number of nitro groups is 1. The number of amides is 1. The zero-order valence-electron chi connectivity index (χ0n) is 10.7. The minimum absolute atomic E-state index is 0.0995. The lowest BCUT2D eigenvalue weighted by molar-refractivity contribution is -0.384. The Balaban J connectivity index is 2.29. The molecule has 1 fully saturated rings. The first-order chi connectivity index (χ1) is 9.40. The Bertz CT molecular complexity index is 565. The maximum Gasteiger partial charge on any atom is 0.298 e. The highest BCUT2D eigenvalue weighted by molar-refractivity contribution is 5.95. The molecule has 1 amide bonds. The molecule has 0 radical (unpaired) electrons. The number of nitrogens with zero attached hydrogens (tertiary/aromatic N) is 1. The van der Waals surface area contributed by atoms with Gasteiger partial charge in [0, 0.05) is 12.1 Å². The van der Waals surface area contributed by atoms with Gasteiger partial charge in [-0.1, -0.05) is 0 Å². The van der Waals surface area contributed by atoms with E-state index in [1.54, 1.807) is 6.92 Å². The molecule has 1 heterocycles. The predicted molar refractivity (Wildman–Crippen MR) is 67.2 cm³/mol. The van der Waals surface area contributed by atoms with Crippen molar-refractivity contribution in [3.63, 3.8) is 0 Å².